The molecule has 1 aliphatic rings. The Morgan fingerprint density at radius 1 is 1.33 bits per heavy atom. The summed E-state index contributed by atoms with van der Waals surface area (Å²) in [7, 11) is 0. The number of rotatable bonds is 9. The molecule has 0 spiro atoms. The highest BCUT2D eigenvalue weighted by Crippen LogP contribution is 2.40. The van der Waals surface area contributed by atoms with E-state index in [1.165, 1.54) is 23.1 Å². The molecule has 9 nitrogen and oxygen atoms in total. The van der Waals surface area contributed by atoms with Crippen LogP contribution in [0.1, 0.15) is 35.0 Å². The second kappa shape index (κ2) is 10.9. The lowest BCUT2D eigenvalue weighted by Gasteiger charge is -2.10. The molecule has 3 heterocycles. The summed E-state index contributed by atoms with van der Waals surface area (Å²) < 4.78 is 12.6. The zero-order chi connectivity index (χ0) is 23.2. The molecule has 1 aliphatic heterocycles. The van der Waals surface area contributed by atoms with Gasteiger partial charge in [0, 0.05) is 17.0 Å². The summed E-state index contributed by atoms with van der Waals surface area (Å²) in [5.74, 6) is -0.603. The molecule has 2 aromatic heterocycles. The number of ether oxygens (including phenoxy) is 2. The van der Waals surface area contributed by atoms with Crippen molar-refractivity contribution in [2.75, 3.05) is 24.3 Å². The number of thioether (sulfide) groups is 1. The van der Waals surface area contributed by atoms with Crippen molar-refractivity contribution in [1.29, 1.82) is 0 Å². The first-order valence-corrected chi connectivity index (χ1v) is 12.5. The number of carbonyl (C=O) groups is 2. The van der Waals surface area contributed by atoms with Crippen LogP contribution in [0, 0.1) is 6.92 Å². The maximum absolute atomic E-state index is 12.8. The second-order valence-corrected chi connectivity index (χ2v) is 9.61. The number of benzene rings is 1. The van der Waals surface area contributed by atoms with E-state index in [1.807, 2.05) is 37.3 Å². The predicted molar refractivity (Wildman–Crippen MR) is 127 cm³/mol. The van der Waals surface area contributed by atoms with Gasteiger partial charge in [0.2, 0.25) is 11.1 Å². The fourth-order valence-electron chi connectivity index (χ4n) is 3.67. The molecule has 174 valence electrons. The van der Waals surface area contributed by atoms with Crippen molar-refractivity contribution in [1.82, 2.24) is 20.2 Å². The van der Waals surface area contributed by atoms with Gasteiger partial charge in [-0.05, 0) is 42.7 Å². The van der Waals surface area contributed by atoms with Crippen molar-refractivity contribution in [3.8, 4) is 11.1 Å². The van der Waals surface area contributed by atoms with Crippen LogP contribution in [0.2, 0.25) is 0 Å². The summed E-state index contributed by atoms with van der Waals surface area (Å²) in [6, 6.07) is 9.62. The molecule has 11 heteroatoms. The molecule has 4 rings (SSSR count). The Bertz CT molecular complexity index is 1110. The lowest BCUT2D eigenvalue weighted by Crippen LogP contribution is -2.19. The molecular weight excluding hydrogens is 462 g/mol. The SMILES string of the molecule is CCOC(=O)c1c(NC(=O)CSc2nnnn2CC2CCCO2)sc(C)c1-c1ccccc1. The minimum Gasteiger partial charge on any atom is -0.462 e. The third kappa shape index (κ3) is 5.60. The molecule has 1 saturated heterocycles. The Morgan fingerprint density at radius 3 is 2.88 bits per heavy atom. The number of thiophene rings is 1. The van der Waals surface area contributed by atoms with Gasteiger partial charge in [-0.1, -0.05) is 42.1 Å². The Kier molecular flexibility index (Phi) is 7.73. The number of aryl methyl sites for hydroxylation is 1. The smallest absolute Gasteiger partial charge is 0.341 e. The topological polar surface area (TPSA) is 108 Å². The maximum atomic E-state index is 12.8. The van der Waals surface area contributed by atoms with Gasteiger partial charge in [0.25, 0.3) is 0 Å². The van der Waals surface area contributed by atoms with Crippen molar-refractivity contribution >= 4 is 40.0 Å². The molecule has 0 saturated carbocycles. The van der Waals surface area contributed by atoms with E-state index in [4.69, 9.17) is 9.47 Å². The van der Waals surface area contributed by atoms with E-state index in [9.17, 15) is 9.59 Å². The molecule has 33 heavy (non-hydrogen) atoms. The van der Waals surface area contributed by atoms with Crippen molar-refractivity contribution in [3.63, 3.8) is 0 Å². The van der Waals surface area contributed by atoms with Crippen molar-refractivity contribution in [2.45, 2.75) is 44.5 Å². The molecular formula is C22H25N5O4S2. The van der Waals surface area contributed by atoms with E-state index in [-0.39, 0.29) is 24.4 Å². The molecule has 1 N–H and O–H groups in total. The minimum absolute atomic E-state index is 0.0966. The van der Waals surface area contributed by atoms with Crippen LogP contribution >= 0.6 is 23.1 Å². The maximum Gasteiger partial charge on any atom is 0.341 e. The highest BCUT2D eigenvalue weighted by molar-refractivity contribution is 7.99. The molecule has 0 aliphatic carbocycles. The van der Waals surface area contributed by atoms with E-state index in [2.05, 4.69) is 20.8 Å². The molecule has 1 unspecified atom stereocenters. The summed E-state index contributed by atoms with van der Waals surface area (Å²) in [4.78, 5) is 26.5. The number of anilines is 1. The van der Waals surface area contributed by atoms with Crippen LogP contribution in [0.15, 0.2) is 35.5 Å². The highest BCUT2D eigenvalue weighted by Gasteiger charge is 2.26. The normalized spacial score (nSPS) is 15.5. The van der Waals surface area contributed by atoms with E-state index in [0.29, 0.717) is 22.3 Å². The molecule has 0 radical (unpaired) electrons. The zero-order valence-electron chi connectivity index (χ0n) is 18.4. The standard InChI is InChI=1S/C22H25N5O4S2/c1-3-30-21(29)19-18(15-8-5-4-6-9-15)14(2)33-20(19)23-17(28)13-32-22-24-25-26-27(22)12-16-10-7-11-31-16/h4-6,8-9,16H,3,7,10-13H2,1-2H3,(H,23,28). The largest absolute Gasteiger partial charge is 0.462 e. The number of carbonyl (C=O) groups excluding carboxylic acids is 2. The van der Waals surface area contributed by atoms with E-state index in [0.717, 1.165) is 35.5 Å². The third-order valence-corrected chi connectivity index (χ3v) is 7.09. The van der Waals surface area contributed by atoms with Gasteiger partial charge in [0.1, 0.15) is 10.6 Å². The monoisotopic (exact) mass is 487 g/mol. The number of nitrogens with one attached hydrogen (secondary N) is 1. The van der Waals surface area contributed by atoms with Crippen molar-refractivity contribution in [2.24, 2.45) is 0 Å². The number of hydrogen-bond acceptors (Lipinski definition) is 9. The first kappa shape index (κ1) is 23.4. The number of esters is 1. The lowest BCUT2D eigenvalue weighted by molar-refractivity contribution is -0.113. The number of tetrazole rings is 1. The quantitative estimate of drug-likeness (QED) is 0.359. The van der Waals surface area contributed by atoms with Gasteiger partial charge in [0.05, 0.1) is 25.0 Å². The average molecular weight is 488 g/mol. The molecule has 3 aromatic rings. The molecule has 1 amide bonds. The summed E-state index contributed by atoms with van der Waals surface area (Å²) in [6.45, 7) is 5.26. The number of amides is 1. The molecule has 0 bridgehead atoms. The summed E-state index contributed by atoms with van der Waals surface area (Å²) in [5, 5.41) is 15.7. The van der Waals surface area contributed by atoms with Crippen LogP contribution in [0.3, 0.4) is 0 Å². The Labute approximate surface area is 199 Å². The Morgan fingerprint density at radius 2 is 2.15 bits per heavy atom. The van der Waals surface area contributed by atoms with Crippen LogP contribution in [0.4, 0.5) is 5.00 Å². The minimum atomic E-state index is -0.454. The number of nitrogens with zero attached hydrogens (tertiary/aromatic N) is 4. The van der Waals surface area contributed by atoms with Crippen LogP contribution in [0.5, 0.6) is 0 Å². The number of aromatic nitrogens is 4. The Balaban J connectivity index is 1.48. The number of hydrogen-bond donors (Lipinski definition) is 1. The zero-order valence-corrected chi connectivity index (χ0v) is 20.1. The van der Waals surface area contributed by atoms with Gasteiger partial charge in [-0.2, -0.15) is 0 Å². The highest BCUT2D eigenvalue weighted by atomic mass is 32.2. The predicted octanol–water partition coefficient (Wildman–Crippen LogP) is 3.80. The van der Waals surface area contributed by atoms with Crippen LogP contribution < -0.4 is 5.32 Å². The van der Waals surface area contributed by atoms with Gasteiger partial charge < -0.3 is 14.8 Å². The fraction of sp³-hybridized carbons (Fsp3) is 0.409. The summed E-state index contributed by atoms with van der Waals surface area (Å²) >= 11 is 2.61. The van der Waals surface area contributed by atoms with Gasteiger partial charge >= 0.3 is 5.97 Å². The third-order valence-electron chi connectivity index (χ3n) is 5.11. The molecule has 1 atom stereocenters. The van der Waals surface area contributed by atoms with E-state index < -0.39 is 5.97 Å². The van der Waals surface area contributed by atoms with Crippen LogP contribution in [-0.4, -0.2) is 57.2 Å². The average Bonchev–Trinajstić information content (AvgIpc) is 3.54. The summed E-state index contributed by atoms with van der Waals surface area (Å²) in [6.07, 6.45) is 2.10. The van der Waals surface area contributed by atoms with E-state index in [1.54, 1.807) is 11.6 Å². The Hall–Kier alpha value is -2.76. The van der Waals surface area contributed by atoms with Crippen LogP contribution in [-0.2, 0) is 20.8 Å². The molecule has 1 fully saturated rings. The van der Waals surface area contributed by atoms with Crippen molar-refractivity contribution < 1.29 is 19.1 Å². The molecule has 1 aromatic carbocycles. The first-order chi connectivity index (χ1) is 16.1. The van der Waals surface area contributed by atoms with Gasteiger partial charge in [-0.3, -0.25) is 4.79 Å². The van der Waals surface area contributed by atoms with Crippen molar-refractivity contribution in [3.05, 3.63) is 40.8 Å². The van der Waals surface area contributed by atoms with Crippen LogP contribution in [0.25, 0.3) is 11.1 Å². The van der Waals surface area contributed by atoms with Gasteiger partial charge in [-0.25, -0.2) is 9.48 Å². The lowest BCUT2D eigenvalue weighted by atomic mass is 10.0. The second-order valence-electron chi connectivity index (χ2n) is 7.44. The fourth-order valence-corrected chi connectivity index (χ4v) is 5.44. The summed E-state index contributed by atoms with van der Waals surface area (Å²) in [5.41, 5.74) is 2.06. The first-order valence-electron chi connectivity index (χ1n) is 10.7. The van der Waals surface area contributed by atoms with Gasteiger partial charge in [0.15, 0.2) is 0 Å². The van der Waals surface area contributed by atoms with E-state index >= 15 is 0 Å². The van der Waals surface area contributed by atoms with Gasteiger partial charge in [-0.15, -0.1) is 16.4 Å².